The number of ether oxygens (including phenoxy) is 1. The molecule has 2 atom stereocenters. The van der Waals surface area contributed by atoms with Crippen molar-refractivity contribution in [3.63, 3.8) is 0 Å². The second-order valence-electron chi connectivity index (χ2n) is 5.09. The Kier molecular flexibility index (Phi) is 6.41. The highest BCUT2D eigenvalue weighted by atomic mass is 16.5. The summed E-state index contributed by atoms with van der Waals surface area (Å²) < 4.78 is 5.36. The van der Waals surface area contributed by atoms with Crippen LogP contribution in [0.2, 0.25) is 0 Å². The average Bonchev–Trinajstić information content (AvgIpc) is 2.83. The van der Waals surface area contributed by atoms with E-state index in [1.54, 1.807) is 7.11 Å². The standard InChI is InChI=1S/C13H28N2O2/c1-4-13(11-16,14-2)7-5-8-15-9-6-12(10-15)17-3/h12,14,16H,4-11H2,1-3H3. The van der Waals surface area contributed by atoms with Crippen LogP contribution in [-0.2, 0) is 4.74 Å². The predicted molar refractivity (Wildman–Crippen MR) is 70.3 cm³/mol. The van der Waals surface area contributed by atoms with Gasteiger partial charge < -0.3 is 20.1 Å². The molecular formula is C13H28N2O2. The van der Waals surface area contributed by atoms with Crippen molar-refractivity contribution in [1.29, 1.82) is 0 Å². The van der Waals surface area contributed by atoms with Crippen LogP contribution >= 0.6 is 0 Å². The van der Waals surface area contributed by atoms with Gasteiger partial charge >= 0.3 is 0 Å². The number of methoxy groups -OCH3 is 1. The number of nitrogens with one attached hydrogen (secondary N) is 1. The van der Waals surface area contributed by atoms with Crippen molar-refractivity contribution in [2.24, 2.45) is 0 Å². The number of rotatable bonds is 8. The van der Waals surface area contributed by atoms with Crippen LogP contribution < -0.4 is 5.32 Å². The molecule has 102 valence electrons. The van der Waals surface area contributed by atoms with Crippen LogP contribution in [0.1, 0.15) is 32.6 Å². The molecule has 0 aromatic heterocycles. The normalized spacial score (nSPS) is 25.1. The van der Waals surface area contributed by atoms with Crippen molar-refractivity contribution >= 4 is 0 Å². The third kappa shape index (κ3) is 4.21. The monoisotopic (exact) mass is 244 g/mol. The Morgan fingerprint density at radius 3 is 2.76 bits per heavy atom. The first-order valence-electron chi connectivity index (χ1n) is 6.74. The third-order valence-corrected chi connectivity index (χ3v) is 4.20. The number of hydrogen-bond donors (Lipinski definition) is 2. The van der Waals surface area contributed by atoms with E-state index in [2.05, 4.69) is 17.1 Å². The van der Waals surface area contributed by atoms with E-state index >= 15 is 0 Å². The summed E-state index contributed by atoms with van der Waals surface area (Å²) in [6, 6.07) is 0. The summed E-state index contributed by atoms with van der Waals surface area (Å²) >= 11 is 0. The molecule has 1 aliphatic rings. The summed E-state index contributed by atoms with van der Waals surface area (Å²) in [7, 11) is 3.74. The minimum atomic E-state index is -0.0830. The molecule has 0 aromatic rings. The highest BCUT2D eigenvalue weighted by Crippen LogP contribution is 2.18. The fourth-order valence-electron chi connectivity index (χ4n) is 2.58. The molecule has 0 bridgehead atoms. The van der Waals surface area contributed by atoms with Gasteiger partial charge in [-0.25, -0.2) is 0 Å². The summed E-state index contributed by atoms with van der Waals surface area (Å²) in [5.74, 6) is 0. The Labute approximate surface area is 105 Å². The van der Waals surface area contributed by atoms with Gasteiger partial charge in [0.2, 0.25) is 0 Å². The largest absolute Gasteiger partial charge is 0.394 e. The van der Waals surface area contributed by atoms with Gasteiger partial charge in [-0.2, -0.15) is 0 Å². The molecule has 1 fully saturated rings. The number of aliphatic hydroxyl groups excluding tert-OH is 1. The van der Waals surface area contributed by atoms with Crippen molar-refractivity contribution in [2.75, 3.05) is 40.4 Å². The van der Waals surface area contributed by atoms with E-state index in [1.807, 2.05) is 7.05 Å². The predicted octanol–water partition coefficient (Wildman–Crippen LogP) is 0.848. The van der Waals surface area contributed by atoms with Gasteiger partial charge in [-0.15, -0.1) is 0 Å². The molecule has 0 radical (unpaired) electrons. The fourth-order valence-corrected chi connectivity index (χ4v) is 2.58. The first-order valence-corrected chi connectivity index (χ1v) is 6.74. The summed E-state index contributed by atoms with van der Waals surface area (Å²) in [6.45, 7) is 5.68. The van der Waals surface area contributed by atoms with E-state index in [1.165, 1.54) is 0 Å². The first-order chi connectivity index (χ1) is 8.19. The average molecular weight is 244 g/mol. The lowest BCUT2D eigenvalue weighted by Gasteiger charge is -2.31. The van der Waals surface area contributed by atoms with Crippen molar-refractivity contribution in [2.45, 2.75) is 44.2 Å². The molecule has 2 N–H and O–H groups in total. The topological polar surface area (TPSA) is 44.7 Å². The highest BCUT2D eigenvalue weighted by molar-refractivity contribution is 4.85. The summed E-state index contributed by atoms with van der Waals surface area (Å²) in [6.07, 6.45) is 4.71. The van der Waals surface area contributed by atoms with E-state index in [4.69, 9.17) is 4.74 Å². The quantitative estimate of drug-likeness (QED) is 0.664. The van der Waals surface area contributed by atoms with Crippen LogP contribution in [0.5, 0.6) is 0 Å². The maximum absolute atomic E-state index is 9.45. The smallest absolute Gasteiger partial charge is 0.0710 e. The summed E-state index contributed by atoms with van der Waals surface area (Å²) in [4.78, 5) is 2.46. The lowest BCUT2D eigenvalue weighted by atomic mass is 9.91. The number of aliphatic hydroxyl groups is 1. The molecule has 0 saturated carbocycles. The molecule has 2 unspecified atom stereocenters. The fraction of sp³-hybridized carbons (Fsp3) is 1.00. The highest BCUT2D eigenvalue weighted by Gasteiger charge is 2.26. The van der Waals surface area contributed by atoms with Gasteiger partial charge in [-0.3, -0.25) is 0 Å². The molecule has 0 aliphatic carbocycles. The van der Waals surface area contributed by atoms with Gasteiger partial charge in [0.25, 0.3) is 0 Å². The Balaban J connectivity index is 2.23. The van der Waals surface area contributed by atoms with Crippen molar-refractivity contribution in [3.8, 4) is 0 Å². The van der Waals surface area contributed by atoms with Gasteiger partial charge in [0.1, 0.15) is 0 Å². The minimum absolute atomic E-state index is 0.0830. The molecule has 4 nitrogen and oxygen atoms in total. The number of nitrogens with zero attached hydrogens (tertiary/aromatic N) is 1. The van der Waals surface area contributed by atoms with Crippen LogP contribution in [0, 0.1) is 0 Å². The maximum Gasteiger partial charge on any atom is 0.0710 e. The molecule has 0 aromatic carbocycles. The van der Waals surface area contributed by atoms with Gasteiger partial charge in [0.15, 0.2) is 0 Å². The Morgan fingerprint density at radius 2 is 2.29 bits per heavy atom. The van der Waals surface area contributed by atoms with E-state index in [0.29, 0.717) is 6.10 Å². The molecule has 0 spiro atoms. The van der Waals surface area contributed by atoms with Crippen molar-refractivity contribution in [1.82, 2.24) is 10.2 Å². The van der Waals surface area contributed by atoms with E-state index < -0.39 is 0 Å². The van der Waals surface area contributed by atoms with Gasteiger partial charge in [0, 0.05) is 25.7 Å². The van der Waals surface area contributed by atoms with E-state index in [9.17, 15) is 5.11 Å². The Hall–Kier alpha value is -0.160. The lowest BCUT2D eigenvalue weighted by Crippen LogP contribution is -2.46. The molecule has 0 amide bonds. The SMILES string of the molecule is CCC(CO)(CCCN1CCC(OC)C1)NC. The van der Waals surface area contributed by atoms with Gasteiger partial charge in [-0.1, -0.05) is 6.92 Å². The van der Waals surface area contributed by atoms with Crippen LogP contribution in [0.3, 0.4) is 0 Å². The number of hydrogen-bond acceptors (Lipinski definition) is 4. The van der Waals surface area contributed by atoms with Crippen molar-refractivity contribution < 1.29 is 9.84 Å². The second kappa shape index (κ2) is 7.31. The van der Waals surface area contributed by atoms with Gasteiger partial charge in [-0.05, 0) is 39.3 Å². The maximum atomic E-state index is 9.45. The molecule has 1 heterocycles. The molecule has 17 heavy (non-hydrogen) atoms. The first kappa shape index (κ1) is 14.9. The molecule has 4 heteroatoms. The van der Waals surface area contributed by atoms with Crippen molar-refractivity contribution in [3.05, 3.63) is 0 Å². The van der Waals surface area contributed by atoms with Crippen LogP contribution in [0.25, 0.3) is 0 Å². The van der Waals surface area contributed by atoms with E-state index in [-0.39, 0.29) is 12.1 Å². The Morgan fingerprint density at radius 1 is 1.53 bits per heavy atom. The lowest BCUT2D eigenvalue weighted by molar-refractivity contribution is 0.106. The second-order valence-corrected chi connectivity index (χ2v) is 5.09. The number of likely N-dealkylation sites (tertiary alicyclic amines) is 1. The van der Waals surface area contributed by atoms with Gasteiger partial charge in [0.05, 0.1) is 12.7 Å². The summed E-state index contributed by atoms with van der Waals surface area (Å²) in [5.41, 5.74) is -0.0830. The van der Waals surface area contributed by atoms with E-state index in [0.717, 1.165) is 45.3 Å². The number of likely N-dealkylation sites (N-methyl/N-ethyl adjacent to an activating group) is 1. The zero-order valence-corrected chi connectivity index (χ0v) is 11.5. The Bertz CT molecular complexity index is 199. The molecular weight excluding hydrogens is 216 g/mol. The molecule has 1 rings (SSSR count). The zero-order chi connectivity index (χ0) is 12.7. The molecule has 1 aliphatic heterocycles. The molecule has 1 saturated heterocycles. The van der Waals surface area contributed by atoms with Crippen LogP contribution in [0.15, 0.2) is 0 Å². The summed E-state index contributed by atoms with van der Waals surface area (Å²) in [5, 5.41) is 12.7. The van der Waals surface area contributed by atoms with Crippen LogP contribution in [-0.4, -0.2) is 62.0 Å². The zero-order valence-electron chi connectivity index (χ0n) is 11.5. The third-order valence-electron chi connectivity index (χ3n) is 4.20. The van der Waals surface area contributed by atoms with Crippen LogP contribution in [0.4, 0.5) is 0 Å². The minimum Gasteiger partial charge on any atom is -0.394 e.